The highest BCUT2D eigenvalue weighted by Gasteiger charge is 2.15. The molecule has 0 aliphatic carbocycles. The van der Waals surface area contributed by atoms with Gasteiger partial charge < -0.3 is 5.32 Å². The van der Waals surface area contributed by atoms with Crippen molar-refractivity contribution in [2.75, 3.05) is 6.54 Å². The number of piperidine rings is 1. The molecule has 1 unspecified atom stereocenters. The van der Waals surface area contributed by atoms with Crippen LogP contribution in [0.5, 0.6) is 0 Å². The summed E-state index contributed by atoms with van der Waals surface area (Å²) >= 11 is 0. The van der Waals surface area contributed by atoms with Gasteiger partial charge in [0.2, 0.25) is 0 Å². The average Bonchev–Trinajstić information content (AvgIpc) is 2.21. The SMILES string of the molecule is Cl.Cl.c1cnc(C2CCCCN2)nc1. The van der Waals surface area contributed by atoms with Crippen LogP contribution in [0.25, 0.3) is 0 Å². The number of nitrogens with one attached hydrogen (secondary N) is 1. The summed E-state index contributed by atoms with van der Waals surface area (Å²) in [6, 6.07) is 2.24. The van der Waals surface area contributed by atoms with Crippen molar-refractivity contribution in [3.05, 3.63) is 24.3 Å². The molecule has 0 amide bonds. The van der Waals surface area contributed by atoms with Gasteiger partial charge >= 0.3 is 0 Å². The summed E-state index contributed by atoms with van der Waals surface area (Å²) in [5.41, 5.74) is 0. The highest BCUT2D eigenvalue weighted by atomic mass is 35.5. The molecule has 1 aliphatic heterocycles. The Kier molecular flexibility index (Phi) is 6.79. The molecule has 14 heavy (non-hydrogen) atoms. The van der Waals surface area contributed by atoms with Crippen LogP contribution in [0, 0.1) is 0 Å². The molecule has 0 bridgehead atoms. The fraction of sp³-hybridized carbons (Fsp3) is 0.556. The third-order valence-electron chi connectivity index (χ3n) is 2.21. The molecule has 1 atom stereocenters. The normalized spacial score (nSPS) is 20.4. The molecule has 1 saturated heterocycles. The first-order valence-corrected chi connectivity index (χ1v) is 4.47. The zero-order valence-corrected chi connectivity index (χ0v) is 9.48. The van der Waals surface area contributed by atoms with Crippen molar-refractivity contribution in [1.29, 1.82) is 0 Å². The van der Waals surface area contributed by atoms with Crippen molar-refractivity contribution in [3.8, 4) is 0 Å². The van der Waals surface area contributed by atoms with Crippen molar-refractivity contribution < 1.29 is 0 Å². The lowest BCUT2D eigenvalue weighted by atomic mass is 10.0. The van der Waals surface area contributed by atoms with Crippen LogP contribution in [-0.2, 0) is 0 Å². The number of halogens is 2. The molecule has 2 rings (SSSR count). The molecule has 0 spiro atoms. The molecule has 0 aromatic carbocycles. The maximum atomic E-state index is 4.23. The maximum Gasteiger partial charge on any atom is 0.145 e. The van der Waals surface area contributed by atoms with Crippen LogP contribution in [0.3, 0.4) is 0 Å². The quantitative estimate of drug-likeness (QED) is 0.811. The molecule has 5 heteroatoms. The Morgan fingerprint density at radius 2 is 1.86 bits per heavy atom. The van der Waals surface area contributed by atoms with Gasteiger partial charge in [0.1, 0.15) is 5.82 Å². The van der Waals surface area contributed by atoms with Crippen molar-refractivity contribution in [2.45, 2.75) is 25.3 Å². The van der Waals surface area contributed by atoms with E-state index in [1.54, 1.807) is 12.4 Å². The lowest BCUT2D eigenvalue weighted by Gasteiger charge is -2.21. The van der Waals surface area contributed by atoms with E-state index in [9.17, 15) is 0 Å². The molecule has 80 valence electrons. The predicted octanol–water partition coefficient (Wildman–Crippen LogP) is 2.13. The van der Waals surface area contributed by atoms with Crippen LogP contribution < -0.4 is 5.32 Å². The first kappa shape index (κ1) is 13.6. The molecule has 1 aromatic rings. The summed E-state index contributed by atoms with van der Waals surface area (Å²) in [4.78, 5) is 8.46. The van der Waals surface area contributed by atoms with Crippen molar-refractivity contribution in [3.63, 3.8) is 0 Å². The van der Waals surface area contributed by atoms with E-state index in [2.05, 4.69) is 15.3 Å². The summed E-state index contributed by atoms with van der Waals surface area (Å²) in [7, 11) is 0. The van der Waals surface area contributed by atoms with Gasteiger partial charge in [0.05, 0.1) is 6.04 Å². The van der Waals surface area contributed by atoms with Crippen molar-refractivity contribution >= 4 is 24.8 Å². The van der Waals surface area contributed by atoms with Gasteiger partial charge in [-0.05, 0) is 25.5 Å². The molecule has 3 nitrogen and oxygen atoms in total. The third kappa shape index (κ3) is 3.40. The van der Waals surface area contributed by atoms with Gasteiger partial charge in [-0.25, -0.2) is 9.97 Å². The highest BCUT2D eigenvalue weighted by Crippen LogP contribution is 2.18. The Balaban J connectivity index is 0.000000845. The zero-order valence-electron chi connectivity index (χ0n) is 7.85. The second-order valence-corrected chi connectivity index (χ2v) is 3.11. The predicted molar refractivity (Wildman–Crippen MR) is 61.1 cm³/mol. The maximum absolute atomic E-state index is 4.23. The second kappa shape index (κ2) is 6.98. The van der Waals surface area contributed by atoms with E-state index in [4.69, 9.17) is 0 Å². The smallest absolute Gasteiger partial charge is 0.145 e. The van der Waals surface area contributed by atoms with Crippen molar-refractivity contribution in [2.24, 2.45) is 0 Å². The summed E-state index contributed by atoms with van der Waals surface area (Å²) in [6.45, 7) is 1.10. The molecule has 1 aromatic heterocycles. The van der Waals surface area contributed by atoms with Gasteiger partial charge in [-0.3, -0.25) is 0 Å². The lowest BCUT2D eigenvalue weighted by Crippen LogP contribution is -2.28. The number of nitrogens with zero attached hydrogens (tertiary/aromatic N) is 2. The van der Waals surface area contributed by atoms with Gasteiger partial charge in [-0.2, -0.15) is 0 Å². The van der Waals surface area contributed by atoms with Crippen LogP contribution in [0.2, 0.25) is 0 Å². The minimum atomic E-state index is 0. The number of hydrogen-bond donors (Lipinski definition) is 1. The van der Waals surface area contributed by atoms with E-state index < -0.39 is 0 Å². The number of rotatable bonds is 1. The van der Waals surface area contributed by atoms with Gasteiger partial charge in [0.25, 0.3) is 0 Å². The standard InChI is InChI=1S/C9H13N3.2ClH/c1-2-5-10-8(4-1)9-11-6-3-7-12-9;;/h3,6-8,10H,1-2,4-5H2;2*1H. The minimum absolute atomic E-state index is 0. The topological polar surface area (TPSA) is 37.8 Å². The van der Waals surface area contributed by atoms with Gasteiger partial charge in [-0.15, -0.1) is 24.8 Å². The van der Waals surface area contributed by atoms with E-state index in [0.717, 1.165) is 12.4 Å². The molecule has 2 heterocycles. The van der Waals surface area contributed by atoms with E-state index in [1.807, 2.05) is 6.07 Å². The molecule has 1 fully saturated rings. The van der Waals surface area contributed by atoms with E-state index >= 15 is 0 Å². The highest BCUT2D eigenvalue weighted by molar-refractivity contribution is 5.85. The van der Waals surface area contributed by atoms with Crippen molar-refractivity contribution in [1.82, 2.24) is 15.3 Å². The summed E-state index contributed by atoms with van der Waals surface area (Å²) in [6.07, 6.45) is 7.35. The summed E-state index contributed by atoms with van der Waals surface area (Å²) < 4.78 is 0. The Hall–Kier alpha value is -0.380. The number of aromatic nitrogens is 2. The Morgan fingerprint density at radius 1 is 1.14 bits per heavy atom. The van der Waals surface area contributed by atoms with Gasteiger partial charge in [0.15, 0.2) is 0 Å². The van der Waals surface area contributed by atoms with Crippen LogP contribution in [-0.4, -0.2) is 16.5 Å². The van der Waals surface area contributed by atoms with Gasteiger partial charge in [0, 0.05) is 12.4 Å². The van der Waals surface area contributed by atoms with Crippen LogP contribution in [0.15, 0.2) is 18.5 Å². The third-order valence-corrected chi connectivity index (χ3v) is 2.21. The van der Waals surface area contributed by atoms with E-state index in [1.165, 1.54) is 19.3 Å². The molecular weight excluding hydrogens is 221 g/mol. The minimum Gasteiger partial charge on any atom is -0.307 e. The van der Waals surface area contributed by atoms with Crippen LogP contribution >= 0.6 is 24.8 Å². The fourth-order valence-corrected chi connectivity index (χ4v) is 1.56. The molecule has 1 aliphatic rings. The summed E-state index contributed by atoms with van der Waals surface area (Å²) in [5.74, 6) is 0.942. The molecular formula is C9H15Cl2N3. The molecule has 1 N–H and O–H groups in total. The number of hydrogen-bond acceptors (Lipinski definition) is 3. The fourth-order valence-electron chi connectivity index (χ4n) is 1.56. The zero-order chi connectivity index (χ0) is 8.23. The monoisotopic (exact) mass is 235 g/mol. The largest absolute Gasteiger partial charge is 0.307 e. The lowest BCUT2D eigenvalue weighted by molar-refractivity contribution is 0.397. The van der Waals surface area contributed by atoms with Crippen LogP contribution in [0.4, 0.5) is 0 Å². The van der Waals surface area contributed by atoms with Gasteiger partial charge in [-0.1, -0.05) is 6.42 Å². The summed E-state index contributed by atoms with van der Waals surface area (Å²) in [5, 5.41) is 3.41. The Bertz CT molecular complexity index is 237. The van der Waals surface area contributed by atoms with E-state index in [-0.39, 0.29) is 24.8 Å². The first-order valence-electron chi connectivity index (χ1n) is 4.47. The Morgan fingerprint density at radius 3 is 2.43 bits per heavy atom. The van der Waals surface area contributed by atoms with E-state index in [0.29, 0.717) is 6.04 Å². The first-order chi connectivity index (χ1) is 5.97. The molecule has 0 saturated carbocycles. The molecule has 0 radical (unpaired) electrons. The second-order valence-electron chi connectivity index (χ2n) is 3.11. The Labute approximate surface area is 96.5 Å². The average molecular weight is 236 g/mol. The van der Waals surface area contributed by atoms with Crippen LogP contribution in [0.1, 0.15) is 31.1 Å².